The van der Waals surface area contributed by atoms with Crippen molar-refractivity contribution in [1.29, 1.82) is 0 Å². The van der Waals surface area contributed by atoms with Gasteiger partial charge in [0.2, 0.25) is 0 Å². The molecule has 0 radical (unpaired) electrons. The van der Waals surface area contributed by atoms with Crippen molar-refractivity contribution < 1.29 is 0 Å². The van der Waals surface area contributed by atoms with Crippen molar-refractivity contribution in [2.24, 2.45) is 0 Å². The van der Waals surface area contributed by atoms with Gasteiger partial charge < -0.3 is 5.32 Å². The van der Waals surface area contributed by atoms with E-state index in [1.165, 1.54) is 58.5 Å². The van der Waals surface area contributed by atoms with Gasteiger partial charge in [0.15, 0.2) is 0 Å². The summed E-state index contributed by atoms with van der Waals surface area (Å²) in [4.78, 5) is 7.08. The van der Waals surface area contributed by atoms with Crippen LogP contribution in [0.2, 0.25) is 0 Å². The summed E-state index contributed by atoms with van der Waals surface area (Å²) >= 11 is 1.97. The molecule has 1 atom stereocenters. The third kappa shape index (κ3) is 2.25. The van der Waals surface area contributed by atoms with Gasteiger partial charge in [0.05, 0.1) is 0 Å². The monoisotopic (exact) mass is 277 g/mol. The van der Waals surface area contributed by atoms with Gasteiger partial charge in [-0.1, -0.05) is 0 Å². The van der Waals surface area contributed by atoms with Gasteiger partial charge in [-0.15, -0.1) is 11.3 Å². The number of rotatable bonds is 2. The van der Waals surface area contributed by atoms with Gasteiger partial charge in [0.25, 0.3) is 0 Å². The van der Waals surface area contributed by atoms with Crippen molar-refractivity contribution in [3.8, 4) is 0 Å². The maximum Gasteiger partial charge on any atom is 0.0360 e. The molecule has 4 heteroatoms. The van der Waals surface area contributed by atoms with Crippen molar-refractivity contribution >= 4 is 11.3 Å². The van der Waals surface area contributed by atoms with Gasteiger partial charge in [-0.2, -0.15) is 0 Å². The average Bonchev–Trinajstić information content (AvgIpc) is 2.86. The molecule has 2 fully saturated rings. The smallest absolute Gasteiger partial charge is 0.0360 e. The first-order valence-corrected chi connectivity index (χ1v) is 8.55. The van der Waals surface area contributed by atoms with Gasteiger partial charge in [-0.3, -0.25) is 9.80 Å². The molecule has 3 aliphatic rings. The standard InChI is InChI=1S/C15H23N3S/c1-2-14(13-4-9-19-15(13)3-1)18-7-5-17(6-8-18)12-10-16-11-12/h4,9,12,14,16H,1-3,5-8,10-11H2. The highest BCUT2D eigenvalue weighted by atomic mass is 32.1. The minimum absolute atomic E-state index is 0.719. The molecule has 0 saturated carbocycles. The van der Waals surface area contributed by atoms with Gasteiger partial charge in [0, 0.05) is 56.2 Å². The Hall–Kier alpha value is -0.420. The highest BCUT2D eigenvalue weighted by molar-refractivity contribution is 7.10. The van der Waals surface area contributed by atoms with E-state index in [0.29, 0.717) is 0 Å². The molecule has 1 aromatic rings. The normalized spacial score (nSPS) is 30.0. The van der Waals surface area contributed by atoms with Crippen LogP contribution in [0.1, 0.15) is 29.3 Å². The van der Waals surface area contributed by atoms with E-state index in [1.807, 2.05) is 11.3 Å². The van der Waals surface area contributed by atoms with E-state index in [0.717, 1.165) is 12.1 Å². The lowest BCUT2D eigenvalue weighted by Gasteiger charge is -2.45. The fourth-order valence-electron chi connectivity index (χ4n) is 3.79. The third-order valence-corrected chi connectivity index (χ3v) is 6.08. The van der Waals surface area contributed by atoms with Crippen LogP contribution in [0.25, 0.3) is 0 Å². The number of thiophene rings is 1. The number of piperazine rings is 1. The van der Waals surface area contributed by atoms with Crippen molar-refractivity contribution in [3.05, 3.63) is 21.9 Å². The third-order valence-electron chi connectivity index (χ3n) is 5.09. The molecule has 0 amide bonds. The SMILES string of the molecule is c1cc2c(s1)CCCC2N1CCN(C2CNC2)CC1. The lowest BCUT2D eigenvalue weighted by molar-refractivity contribution is 0.0472. The van der Waals surface area contributed by atoms with Crippen LogP contribution in [0, 0.1) is 0 Å². The predicted octanol–water partition coefficient (Wildman–Crippen LogP) is 1.71. The Balaban J connectivity index is 1.42. The molecule has 0 aromatic carbocycles. The average molecular weight is 277 g/mol. The lowest BCUT2D eigenvalue weighted by atomic mass is 9.92. The van der Waals surface area contributed by atoms with Crippen LogP contribution >= 0.6 is 11.3 Å². The van der Waals surface area contributed by atoms with Crippen molar-refractivity contribution in [3.63, 3.8) is 0 Å². The number of hydrogen-bond donors (Lipinski definition) is 1. The molecule has 1 aliphatic carbocycles. The highest BCUT2D eigenvalue weighted by Gasteiger charge is 2.32. The first-order valence-electron chi connectivity index (χ1n) is 7.67. The van der Waals surface area contributed by atoms with E-state index in [4.69, 9.17) is 0 Å². The lowest BCUT2D eigenvalue weighted by Crippen LogP contribution is -2.61. The Labute approximate surface area is 119 Å². The fraction of sp³-hybridized carbons (Fsp3) is 0.733. The maximum absolute atomic E-state index is 3.39. The van der Waals surface area contributed by atoms with Crippen molar-refractivity contribution in [2.75, 3.05) is 39.3 Å². The molecule has 4 rings (SSSR count). The van der Waals surface area contributed by atoms with E-state index < -0.39 is 0 Å². The van der Waals surface area contributed by atoms with Gasteiger partial charge in [-0.05, 0) is 36.3 Å². The van der Waals surface area contributed by atoms with Crippen LogP contribution in [0.4, 0.5) is 0 Å². The summed E-state index contributed by atoms with van der Waals surface area (Å²) in [6.45, 7) is 7.47. The van der Waals surface area contributed by atoms with E-state index in [9.17, 15) is 0 Å². The Morgan fingerprint density at radius 2 is 1.89 bits per heavy atom. The van der Waals surface area contributed by atoms with Crippen LogP contribution in [-0.4, -0.2) is 55.1 Å². The van der Waals surface area contributed by atoms with Crippen LogP contribution in [0.5, 0.6) is 0 Å². The van der Waals surface area contributed by atoms with E-state index >= 15 is 0 Å². The largest absolute Gasteiger partial charge is 0.314 e. The molecule has 104 valence electrons. The topological polar surface area (TPSA) is 18.5 Å². The second-order valence-electron chi connectivity index (χ2n) is 6.09. The van der Waals surface area contributed by atoms with E-state index in [-0.39, 0.29) is 0 Å². The summed E-state index contributed by atoms with van der Waals surface area (Å²) in [6, 6.07) is 3.92. The minimum Gasteiger partial charge on any atom is -0.314 e. The Bertz CT molecular complexity index is 432. The summed E-state index contributed by atoms with van der Waals surface area (Å²) in [5.74, 6) is 0. The zero-order valence-electron chi connectivity index (χ0n) is 11.5. The molecule has 3 nitrogen and oxygen atoms in total. The summed E-state index contributed by atoms with van der Waals surface area (Å²) in [5.41, 5.74) is 1.65. The van der Waals surface area contributed by atoms with Crippen LogP contribution in [0.3, 0.4) is 0 Å². The fourth-order valence-corrected chi connectivity index (χ4v) is 4.77. The summed E-state index contributed by atoms with van der Waals surface area (Å²) < 4.78 is 0. The molecular weight excluding hydrogens is 254 g/mol. The van der Waals surface area contributed by atoms with Crippen molar-refractivity contribution in [1.82, 2.24) is 15.1 Å². The van der Waals surface area contributed by atoms with Crippen molar-refractivity contribution in [2.45, 2.75) is 31.3 Å². The molecule has 3 heterocycles. The number of nitrogens with one attached hydrogen (secondary N) is 1. The zero-order chi connectivity index (χ0) is 12.7. The minimum atomic E-state index is 0.719. The summed E-state index contributed by atoms with van der Waals surface area (Å²) in [5, 5.41) is 5.68. The molecular formula is C15H23N3S. The molecule has 0 spiro atoms. The van der Waals surface area contributed by atoms with Gasteiger partial charge >= 0.3 is 0 Å². The Morgan fingerprint density at radius 3 is 2.63 bits per heavy atom. The molecule has 0 bridgehead atoms. The van der Waals surface area contributed by atoms with Crippen LogP contribution < -0.4 is 5.32 Å². The molecule has 19 heavy (non-hydrogen) atoms. The first kappa shape index (κ1) is 12.3. The number of aryl methyl sites for hydroxylation is 1. The predicted molar refractivity (Wildman–Crippen MR) is 79.8 cm³/mol. The van der Waals surface area contributed by atoms with E-state index in [1.54, 1.807) is 10.4 Å². The quantitative estimate of drug-likeness (QED) is 0.888. The first-order chi connectivity index (χ1) is 9.42. The number of hydrogen-bond acceptors (Lipinski definition) is 4. The zero-order valence-corrected chi connectivity index (χ0v) is 12.3. The number of nitrogens with zero attached hydrogens (tertiary/aromatic N) is 2. The summed E-state index contributed by atoms with van der Waals surface area (Å²) in [6.07, 6.45) is 4.07. The number of fused-ring (bicyclic) bond motifs is 1. The van der Waals surface area contributed by atoms with Gasteiger partial charge in [-0.25, -0.2) is 0 Å². The van der Waals surface area contributed by atoms with Crippen LogP contribution in [0.15, 0.2) is 11.4 Å². The molecule has 1 aromatic heterocycles. The maximum atomic E-state index is 3.39. The molecule has 1 N–H and O–H groups in total. The molecule has 2 aliphatic heterocycles. The molecule has 2 saturated heterocycles. The van der Waals surface area contributed by atoms with E-state index in [2.05, 4.69) is 26.6 Å². The second kappa shape index (κ2) is 5.17. The Morgan fingerprint density at radius 1 is 1.11 bits per heavy atom. The summed E-state index contributed by atoms with van der Waals surface area (Å²) in [7, 11) is 0. The highest BCUT2D eigenvalue weighted by Crippen LogP contribution is 2.37. The van der Waals surface area contributed by atoms with Crippen LogP contribution in [-0.2, 0) is 6.42 Å². The Kier molecular flexibility index (Phi) is 3.35. The van der Waals surface area contributed by atoms with Gasteiger partial charge in [0.1, 0.15) is 0 Å². The second-order valence-corrected chi connectivity index (χ2v) is 7.09. The molecule has 1 unspecified atom stereocenters.